The third-order valence-corrected chi connectivity index (χ3v) is 2.51. The van der Waals surface area contributed by atoms with E-state index in [4.69, 9.17) is 5.11 Å². The van der Waals surface area contributed by atoms with Crippen molar-refractivity contribution >= 4 is 17.8 Å². The maximum absolute atomic E-state index is 11.5. The highest BCUT2D eigenvalue weighted by atomic mass is 16.4. The van der Waals surface area contributed by atoms with Crippen molar-refractivity contribution in [1.82, 2.24) is 5.32 Å². The van der Waals surface area contributed by atoms with E-state index in [-0.39, 0.29) is 6.42 Å². The molecule has 0 bridgehead atoms. The number of carboxylic acid groups (broad SMARTS) is 1. The lowest BCUT2D eigenvalue weighted by Crippen LogP contribution is -2.41. The van der Waals surface area contributed by atoms with E-state index in [2.05, 4.69) is 5.32 Å². The summed E-state index contributed by atoms with van der Waals surface area (Å²) in [6.07, 6.45) is -0.309. The van der Waals surface area contributed by atoms with Crippen molar-refractivity contribution in [2.45, 2.75) is 12.3 Å². The number of carboxylic acids is 1. The van der Waals surface area contributed by atoms with Gasteiger partial charge in [-0.2, -0.15) is 0 Å². The van der Waals surface area contributed by atoms with E-state index in [1.807, 2.05) is 0 Å². The molecule has 0 fully saturated rings. The van der Waals surface area contributed by atoms with Gasteiger partial charge in [-0.3, -0.25) is 19.7 Å². The van der Waals surface area contributed by atoms with Crippen LogP contribution in [0.15, 0.2) is 24.3 Å². The summed E-state index contributed by atoms with van der Waals surface area (Å²) in [7, 11) is 0. The summed E-state index contributed by atoms with van der Waals surface area (Å²) in [6.45, 7) is 0. The van der Waals surface area contributed by atoms with Gasteiger partial charge in [0.05, 0.1) is 12.3 Å². The largest absolute Gasteiger partial charge is 0.481 e. The lowest BCUT2D eigenvalue weighted by Gasteiger charge is -2.22. The summed E-state index contributed by atoms with van der Waals surface area (Å²) in [5.41, 5.74) is 0.854. The maximum Gasteiger partial charge on any atom is 0.304 e. The lowest BCUT2D eigenvalue weighted by atomic mass is 9.87. The van der Waals surface area contributed by atoms with Crippen molar-refractivity contribution in [3.63, 3.8) is 0 Å². The van der Waals surface area contributed by atoms with Crippen molar-refractivity contribution in [2.75, 3.05) is 0 Å². The maximum atomic E-state index is 11.5. The summed E-state index contributed by atoms with van der Waals surface area (Å²) in [4.78, 5) is 33.6. The standard InChI is InChI=1S/C11H9NO4/c13-9(14)5-8-6-3-1-2-4-7(6)10(15)12-11(8)16/h1-4,8H,5H2,(H,13,14)(H,12,15,16). The summed E-state index contributed by atoms with van der Waals surface area (Å²) < 4.78 is 0. The number of imide groups is 1. The molecule has 1 heterocycles. The smallest absolute Gasteiger partial charge is 0.304 e. The first-order chi connectivity index (χ1) is 7.59. The van der Waals surface area contributed by atoms with Gasteiger partial charge < -0.3 is 5.11 Å². The average molecular weight is 219 g/mol. The van der Waals surface area contributed by atoms with Gasteiger partial charge in [0.15, 0.2) is 0 Å². The molecular formula is C11H9NO4. The Morgan fingerprint density at radius 3 is 2.69 bits per heavy atom. The number of aliphatic carboxylic acids is 1. The number of rotatable bonds is 2. The van der Waals surface area contributed by atoms with Crippen molar-refractivity contribution < 1.29 is 19.5 Å². The third kappa shape index (κ3) is 1.67. The molecule has 0 spiro atoms. The topological polar surface area (TPSA) is 83.5 Å². The van der Waals surface area contributed by atoms with Crippen LogP contribution in [0.5, 0.6) is 0 Å². The second-order valence-corrected chi connectivity index (χ2v) is 3.56. The molecule has 5 heteroatoms. The second kappa shape index (κ2) is 3.77. The minimum Gasteiger partial charge on any atom is -0.481 e. The first kappa shape index (κ1) is 10.4. The highest BCUT2D eigenvalue weighted by Crippen LogP contribution is 2.27. The molecule has 1 unspecified atom stereocenters. The predicted molar refractivity (Wildman–Crippen MR) is 53.9 cm³/mol. The summed E-state index contributed by atoms with van der Waals surface area (Å²) >= 11 is 0. The molecule has 0 aromatic heterocycles. The average Bonchev–Trinajstić information content (AvgIpc) is 2.24. The molecule has 2 amide bonds. The number of amides is 2. The Bertz CT molecular complexity index is 481. The van der Waals surface area contributed by atoms with Gasteiger partial charge in [0.2, 0.25) is 5.91 Å². The summed E-state index contributed by atoms with van der Waals surface area (Å²) in [5, 5.41) is 10.9. The molecule has 82 valence electrons. The van der Waals surface area contributed by atoms with Gasteiger partial charge >= 0.3 is 5.97 Å². The van der Waals surface area contributed by atoms with E-state index in [0.717, 1.165) is 0 Å². The van der Waals surface area contributed by atoms with Crippen LogP contribution in [0.1, 0.15) is 28.3 Å². The fraction of sp³-hybridized carbons (Fsp3) is 0.182. The number of nitrogens with one attached hydrogen (secondary N) is 1. The van der Waals surface area contributed by atoms with Crippen LogP contribution in [-0.4, -0.2) is 22.9 Å². The molecule has 2 N–H and O–H groups in total. The van der Waals surface area contributed by atoms with Gasteiger partial charge in [-0.15, -0.1) is 0 Å². The van der Waals surface area contributed by atoms with Gasteiger partial charge in [-0.25, -0.2) is 0 Å². The molecule has 1 aliphatic heterocycles. The van der Waals surface area contributed by atoms with Crippen LogP contribution < -0.4 is 5.32 Å². The molecule has 5 nitrogen and oxygen atoms in total. The fourth-order valence-corrected chi connectivity index (χ4v) is 1.79. The minimum absolute atomic E-state index is 0.309. The normalized spacial score (nSPS) is 18.9. The second-order valence-electron chi connectivity index (χ2n) is 3.56. The van der Waals surface area contributed by atoms with Gasteiger partial charge in [-0.1, -0.05) is 18.2 Å². The third-order valence-electron chi connectivity index (χ3n) is 2.51. The number of carbonyl (C=O) groups is 3. The van der Waals surface area contributed by atoms with Crippen molar-refractivity contribution in [2.24, 2.45) is 0 Å². The molecule has 0 saturated heterocycles. The Hall–Kier alpha value is -2.17. The molecule has 1 atom stereocenters. The number of benzene rings is 1. The van der Waals surface area contributed by atoms with Gasteiger partial charge in [0, 0.05) is 5.56 Å². The molecule has 1 aliphatic rings. The van der Waals surface area contributed by atoms with Crippen LogP contribution in [0.2, 0.25) is 0 Å². The van der Waals surface area contributed by atoms with Crippen molar-refractivity contribution in [3.05, 3.63) is 35.4 Å². The van der Waals surface area contributed by atoms with Crippen molar-refractivity contribution in [3.8, 4) is 0 Å². The zero-order chi connectivity index (χ0) is 11.7. The summed E-state index contributed by atoms with van der Waals surface area (Å²) in [5.74, 6) is -2.87. The predicted octanol–water partition coefficient (Wildman–Crippen LogP) is 0.515. The summed E-state index contributed by atoms with van der Waals surface area (Å²) in [6, 6.07) is 6.54. The number of carbonyl (C=O) groups excluding carboxylic acids is 2. The van der Waals surface area contributed by atoms with Gasteiger partial charge in [0.25, 0.3) is 5.91 Å². The Balaban J connectivity index is 2.46. The number of fused-ring (bicyclic) bond motifs is 1. The monoisotopic (exact) mass is 219 g/mol. The van der Waals surface area contributed by atoms with Crippen molar-refractivity contribution in [1.29, 1.82) is 0 Å². The van der Waals surface area contributed by atoms with E-state index in [1.54, 1.807) is 24.3 Å². The van der Waals surface area contributed by atoms with Crippen LogP contribution in [0.25, 0.3) is 0 Å². The van der Waals surface area contributed by atoms with Gasteiger partial charge in [0.1, 0.15) is 0 Å². The zero-order valence-electron chi connectivity index (χ0n) is 8.27. The quantitative estimate of drug-likeness (QED) is 0.710. The van der Waals surface area contributed by atoms with Gasteiger partial charge in [-0.05, 0) is 11.6 Å². The molecule has 0 radical (unpaired) electrons. The van der Waals surface area contributed by atoms with Crippen LogP contribution in [-0.2, 0) is 9.59 Å². The molecule has 0 saturated carbocycles. The molecule has 16 heavy (non-hydrogen) atoms. The SMILES string of the molecule is O=C(O)CC1C(=O)NC(=O)c2ccccc21. The Labute approximate surface area is 91.1 Å². The van der Waals surface area contributed by atoms with Crippen LogP contribution in [0, 0.1) is 0 Å². The zero-order valence-corrected chi connectivity index (χ0v) is 8.27. The van der Waals surface area contributed by atoms with E-state index >= 15 is 0 Å². The van der Waals surface area contributed by atoms with E-state index in [0.29, 0.717) is 11.1 Å². The number of hydrogen-bond donors (Lipinski definition) is 2. The van der Waals surface area contributed by atoms with Crippen LogP contribution in [0.3, 0.4) is 0 Å². The Kier molecular flexibility index (Phi) is 2.44. The van der Waals surface area contributed by atoms with E-state index < -0.39 is 23.7 Å². The molecule has 1 aromatic carbocycles. The van der Waals surface area contributed by atoms with E-state index in [1.165, 1.54) is 0 Å². The lowest BCUT2D eigenvalue weighted by molar-refractivity contribution is -0.139. The Morgan fingerprint density at radius 2 is 2.00 bits per heavy atom. The first-order valence-corrected chi connectivity index (χ1v) is 4.75. The number of hydrogen-bond acceptors (Lipinski definition) is 3. The minimum atomic E-state index is -1.07. The fourth-order valence-electron chi connectivity index (χ4n) is 1.79. The highest BCUT2D eigenvalue weighted by Gasteiger charge is 2.33. The molecular weight excluding hydrogens is 210 g/mol. The molecule has 1 aromatic rings. The molecule has 2 rings (SSSR count). The highest BCUT2D eigenvalue weighted by molar-refractivity contribution is 6.12. The first-order valence-electron chi connectivity index (χ1n) is 4.75. The Morgan fingerprint density at radius 1 is 1.31 bits per heavy atom. The van der Waals surface area contributed by atoms with Crippen LogP contribution in [0.4, 0.5) is 0 Å². The van der Waals surface area contributed by atoms with E-state index in [9.17, 15) is 14.4 Å². The molecule has 0 aliphatic carbocycles. The van der Waals surface area contributed by atoms with Crippen LogP contribution >= 0.6 is 0 Å².